The minimum absolute atomic E-state index is 0.928. The van der Waals surface area contributed by atoms with Crippen molar-refractivity contribution >= 4 is 11.8 Å². The number of thioether (sulfide) groups is 1. The Morgan fingerprint density at radius 1 is 0.900 bits per heavy atom. The quantitative estimate of drug-likeness (QED) is 0.632. The fraction of sp³-hybridized carbons (Fsp3) is 0.0556. The summed E-state index contributed by atoms with van der Waals surface area (Å²) in [5, 5.41) is 1.05. The van der Waals surface area contributed by atoms with E-state index in [1.54, 1.807) is 11.8 Å². The monoisotopic (exact) mass is 276 g/mol. The van der Waals surface area contributed by atoms with Crippen LogP contribution in [0.1, 0.15) is 5.56 Å². The van der Waals surface area contributed by atoms with E-state index in [4.69, 9.17) is 0 Å². The maximum atomic E-state index is 4.51. The molecule has 0 aliphatic rings. The summed E-state index contributed by atoms with van der Waals surface area (Å²) in [4.78, 5) is 4.51. The van der Waals surface area contributed by atoms with E-state index < -0.39 is 0 Å². The Morgan fingerprint density at radius 3 is 2.55 bits per heavy atom. The molecule has 0 unspecified atom stereocenters. The van der Waals surface area contributed by atoms with Gasteiger partial charge in [0.05, 0.1) is 0 Å². The minimum Gasteiger partial charge on any atom is -0.249 e. The van der Waals surface area contributed by atoms with Gasteiger partial charge in [-0.1, -0.05) is 60.7 Å². The molecule has 3 aromatic rings. The van der Waals surface area contributed by atoms with Gasteiger partial charge in [-0.15, -0.1) is 11.8 Å². The summed E-state index contributed by atoms with van der Waals surface area (Å²) in [5.74, 6) is 0.928. The van der Waals surface area contributed by atoms with Gasteiger partial charge in [-0.2, -0.15) is 0 Å². The smallest absolute Gasteiger partial charge is 0.104 e. The number of aromatic nitrogens is 1. The van der Waals surface area contributed by atoms with Gasteiger partial charge in [-0.05, 0) is 23.3 Å². The van der Waals surface area contributed by atoms with Crippen LogP contribution < -0.4 is 0 Å². The van der Waals surface area contributed by atoms with Crippen LogP contribution in [-0.2, 0) is 5.75 Å². The molecule has 0 atom stereocenters. The second-order valence-corrected chi connectivity index (χ2v) is 5.37. The van der Waals surface area contributed by atoms with Crippen molar-refractivity contribution in [2.75, 3.05) is 0 Å². The van der Waals surface area contributed by atoms with E-state index in [-0.39, 0.29) is 0 Å². The van der Waals surface area contributed by atoms with E-state index in [0.717, 1.165) is 21.9 Å². The van der Waals surface area contributed by atoms with Crippen LogP contribution in [0.3, 0.4) is 0 Å². The normalized spacial score (nSPS) is 10.4. The highest BCUT2D eigenvalue weighted by molar-refractivity contribution is 7.98. The van der Waals surface area contributed by atoms with Crippen LogP contribution in [0.5, 0.6) is 0 Å². The predicted octanol–water partition coefficient (Wildman–Crippen LogP) is 4.84. The molecule has 0 N–H and O–H groups in total. The molecule has 1 nitrogen and oxygen atoms in total. The summed E-state index contributed by atoms with van der Waals surface area (Å²) in [6.45, 7) is 0. The molecule has 0 amide bonds. The molecule has 2 aromatic carbocycles. The Kier molecular flexibility index (Phi) is 4.14. The molecule has 0 saturated heterocycles. The van der Waals surface area contributed by atoms with Crippen molar-refractivity contribution in [1.29, 1.82) is 0 Å². The highest BCUT2D eigenvalue weighted by Crippen LogP contribution is 2.30. The molecule has 2 heteroatoms. The number of pyridine rings is 1. The lowest BCUT2D eigenvalue weighted by Crippen LogP contribution is -1.87. The summed E-state index contributed by atoms with van der Waals surface area (Å²) < 4.78 is 0. The van der Waals surface area contributed by atoms with Crippen molar-refractivity contribution in [3.63, 3.8) is 0 Å². The van der Waals surface area contributed by atoms with Gasteiger partial charge in [0, 0.05) is 17.5 Å². The van der Waals surface area contributed by atoms with Gasteiger partial charge in [0.2, 0.25) is 0 Å². The molecule has 0 saturated carbocycles. The van der Waals surface area contributed by atoms with Crippen molar-refractivity contribution in [2.45, 2.75) is 10.8 Å². The summed E-state index contributed by atoms with van der Waals surface area (Å²) in [5.41, 5.74) is 3.55. The summed E-state index contributed by atoms with van der Waals surface area (Å²) in [6, 6.07) is 25.8. The van der Waals surface area contributed by atoms with Crippen molar-refractivity contribution in [2.24, 2.45) is 0 Å². The Balaban J connectivity index is 1.84. The first-order valence-corrected chi connectivity index (χ1v) is 7.51. The fourth-order valence-electron chi connectivity index (χ4n) is 2.00. The van der Waals surface area contributed by atoms with E-state index in [9.17, 15) is 0 Å². The van der Waals surface area contributed by atoms with Crippen LogP contribution in [0.25, 0.3) is 11.1 Å². The van der Waals surface area contributed by atoms with Gasteiger partial charge < -0.3 is 0 Å². The largest absolute Gasteiger partial charge is 0.249 e. The standard InChI is InChI=1S/C18H14NS/c1-3-8-15(9-4-1)14-20-18-17(12-7-13-19-18)16-10-5-2-6-11-16/h1-10,12-13H,14H2. The maximum absolute atomic E-state index is 4.51. The lowest BCUT2D eigenvalue weighted by molar-refractivity contribution is 1.13. The maximum Gasteiger partial charge on any atom is 0.104 e. The lowest BCUT2D eigenvalue weighted by atomic mass is 10.1. The van der Waals surface area contributed by atoms with Crippen LogP contribution >= 0.6 is 11.8 Å². The van der Waals surface area contributed by atoms with Gasteiger partial charge in [0.25, 0.3) is 0 Å². The molecule has 1 radical (unpaired) electrons. The third-order valence-corrected chi connectivity index (χ3v) is 4.07. The molecule has 0 bridgehead atoms. The molecule has 97 valence electrons. The third-order valence-electron chi connectivity index (χ3n) is 2.99. The molecule has 0 spiro atoms. The zero-order valence-corrected chi connectivity index (χ0v) is 11.8. The zero-order valence-electron chi connectivity index (χ0n) is 11.0. The molecule has 1 aromatic heterocycles. The van der Waals surface area contributed by atoms with E-state index in [2.05, 4.69) is 47.4 Å². The van der Waals surface area contributed by atoms with Crippen LogP contribution in [0.2, 0.25) is 0 Å². The van der Waals surface area contributed by atoms with Crippen molar-refractivity contribution in [1.82, 2.24) is 4.98 Å². The molecule has 0 aliphatic carbocycles. The van der Waals surface area contributed by atoms with E-state index in [1.807, 2.05) is 36.5 Å². The highest BCUT2D eigenvalue weighted by Gasteiger charge is 2.06. The number of rotatable bonds is 4. The Morgan fingerprint density at radius 2 is 1.75 bits per heavy atom. The lowest BCUT2D eigenvalue weighted by Gasteiger charge is -2.08. The van der Waals surface area contributed by atoms with Gasteiger partial charge in [0.15, 0.2) is 0 Å². The van der Waals surface area contributed by atoms with Gasteiger partial charge in [-0.25, -0.2) is 4.98 Å². The Bertz CT molecular complexity index is 665. The first-order chi connectivity index (χ1) is 9.93. The Labute approximate surface area is 123 Å². The number of benzene rings is 2. The number of hydrogen-bond acceptors (Lipinski definition) is 2. The van der Waals surface area contributed by atoms with E-state index in [0.29, 0.717) is 0 Å². The van der Waals surface area contributed by atoms with Gasteiger partial charge in [-0.3, -0.25) is 0 Å². The molecule has 0 aliphatic heterocycles. The fourth-order valence-corrected chi connectivity index (χ4v) is 2.96. The van der Waals surface area contributed by atoms with Gasteiger partial charge >= 0.3 is 0 Å². The van der Waals surface area contributed by atoms with E-state index >= 15 is 0 Å². The molecule has 3 rings (SSSR count). The first-order valence-electron chi connectivity index (χ1n) is 6.52. The van der Waals surface area contributed by atoms with Crippen LogP contribution in [0, 0.1) is 6.07 Å². The second-order valence-electron chi connectivity index (χ2n) is 4.41. The Hall–Kier alpha value is -2.06. The van der Waals surface area contributed by atoms with Crippen LogP contribution in [0.15, 0.2) is 78.0 Å². The molecule has 1 heterocycles. The van der Waals surface area contributed by atoms with Crippen molar-refractivity contribution in [3.8, 4) is 11.1 Å². The highest BCUT2D eigenvalue weighted by atomic mass is 32.2. The topological polar surface area (TPSA) is 12.9 Å². The molecular formula is C18H14NS. The molecule has 20 heavy (non-hydrogen) atoms. The van der Waals surface area contributed by atoms with Crippen molar-refractivity contribution in [3.05, 3.63) is 84.6 Å². The summed E-state index contributed by atoms with van der Waals surface area (Å²) >= 11 is 1.76. The van der Waals surface area contributed by atoms with E-state index in [1.165, 1.54) is 5.56 Å². The minimum atomic E-state index is 0.928. The SMILES string of the molecule is [c]1ccccc1-c1cccnc1SCc1ccccc1. The number of hydrogen-bond donors (Lipinski definition) is 0. The third kappa shape index (κ3) is 3.09. The summed E-state index contributed by atoms with van der Waals surface area (Å²) in [6.07, 6.45) is 1.85. The molecular weight excluding hydrogens is 262 g/mol. The second kappa shape index (κ2) is 6.40. The average Bonchev–Trinajstić information content (AvgIpc) is 2.55. The van der Waals surface area contributed by atoms with Crippen LogP contribution in [0.4, 0.5) is 0 Å². The van der Waals surface area contributed by atoms with Gasteiger partial charge in [0.1, 0.15) is 5.03 Å². The molecule has 0 fully saturated rings. The summed E-state index contributed by atoms with van der Waals surface area (Å²) in [7, 11) is 0. The zero-order chi connectivity index (χ0) is 13.6. The van der Waals surface area contributed by atoms with Crippen molar-refractivity contribution < 1.29 is 0 Å². The van der Waals surface area contributed by atoms with Crippen LogP contribution in [-0.4, -0.2) is 4.98 Å². The first kappa shape index (κ1) is 12.9. The number of nitrogens with zero attached hydrogens (tertiary/aromatic N) is 1. The average molecular weight is 276 g/mol. The predicted molar refractivity (Wildman–Crippen MR) is 84.5 cm³/mol.